The first-order valence-corrected chi connectivity index (χ1v) is 6.44. The van der Waals surface area contributed by atoms with Crippen molar-refractivity contribution in [1.29, 1.82) is 0 Å². The predicted octanol–water partition coefficient (Wildman–Crippen LogP) is 2.13. The van der Waals surface area contributed by atoms with Gasteiger partial charge >= 0.3 is 5.97 Å². The Morgan fingerprint density at radius 3 is 2.62 bits per heavy atom. The van der Waals surface area contributed by atoms with Gasteiger partial charge in [-0.05, 0) is 18.6 Å². The molecule has 2 aromatic rings. The molecule has 0 atom stereocenters. The second-order valence-corrected chi connectivity index (χ2v) is 4.78. The third-order valence-electron chi connectivity index (χ3n) is 2.89. The quantitative estimate of drug-likeness (QED) is 0.908. The molecular formula is C15H17N3O3. The van der Waals surface area contributed by atoms with Crippen LogP contribution in [0.4, 0.5) is 5.82 Å². The van der Waals surface area contributed by atoms with Crippen LogP contribution in [0.15, 0.2) is 30.3 Å². The van der Waals surface area contributed by atoms with E-state index in [1.54, 1.807) is 19.0 Å². The predicted molar refractivity (Wildman–Crippen MR) is 78.8 cm³/mol. The molecule has 0 amide bonds. The molecule has 0 aliphatic rings. The Morgan fingerprint density at radius 2 is 2.00 bits per heavy atom. The van der Waals surface area contributed by atoms with E-state index in [1.165, 1.54) is 6.07 Å². The molecule has 1 aromatic heterocycles. The Balaban J connectivity index is 2.23. The van der Waals surface area contributed by atoms with Crippen LogP contribution in [0.5, 0.6) is 5.75 Å². The highest BCUT2D eigenvalue weighted by Crippen LogP contribution is 2.18. The first-order chi connectivity index (χ1) is 9.97. The number of aromatic nitrogens is 2. The van der Waals surface area contributed by atoms with E-state index in [-0.39, 0.29) is 12.3 Å². The van der Waals surface area contributed by atoms with Crippen molar-refractivity contribution in [3.8, 4) is 5.75 Å². The first-order valence-electron chi connectivity index (χ1n) is 6.44. The fourth-order valence-corrected chi connectivity index (χ4v) is 1.75. The van der Waals surface area contributed by atoms with E-state index in [0.717, 1.165) is 11.3 Å². The molecule has 1 N–H and O–H groups in total. The molecule has 0 spiro atoms. The van der Waals surface area contributed by atoms with E-state index in [9.17, 15) is 4.79 Å². The smallest absolute Gasteiger partial charge is 0.354 e. The molecule has 21 heavy (non-hydrogen) atoms. The van der Waals surface area contributed by atoms with E-state index >= 15 is 0 Å². The number of rotatable bonds is 5. The number of hydrogen-bond donors (Lipinski definition) is 1. The van der Waals surface area contributed by atoms with Gasteiger partial charge in [0, 0.05) is 20.2 Å². The van der Waals surface area contributed by atoms with Gasteiger partial charge in [0.15, 0.2) is 11.5 Å². The van der Waals surface area contributed by atoms with E-state index in [2.05, 4.69) is 9.97 Å². The van der Waals surface area contributed by atoms with Gasteiger partial charge in [-0.25, -0.2) is 14.8 Å². The number of benzene rings is 1. The van der Waals surface area contributed by atoms with E-state index in [4.69, 9.17) is 9.84 Å². The Kier molecular flexibility index (Phi) is 4.37. The highest BCUT2D eigenvalue weighted by atomic mass is 16.5. The molecule has 0 radical (unpaired) electrons. The van der Waals surface area contributed by atoms with Crippen LogP contribution in [-0.2, 0) is 6.61 Å². The summed E-state index contributed by atoms with van der Waals surface area (Å²) >= 11 is 0. The summed E-state index contributed by atoms with van der Waals surface area (Å²) < 4.78 is 5.66. The second-order valence-electron chi connectivity index (χ2n) is 4.78. The third kappa shape index (κ3) is 3.68. The molecule has 1 heterocycles. The molecule has 0 bridgehead atoms. The fraction of sp³-hybridized carbons (Fsp3) is 0.267. The van der Waals surface area contributed by atoms with Gasteiger partial charge in [-0.1, -0.05) is 18.2 Å². The normalized spacial score (nSPS) is 10.2. The van der Waals surface area contributed by atoms with Crippen molar-refractivity contribution in [2.24, 2.45) is 0 Å². The van der Waals surface area contributed by atoms with Crippen LogP contribution in [0.1, 0.15) is 21.9 Å². The summed E-state index contributed by atoms with van der Waals surface area (Å²) in [6.07, 6.45) is 0. The van der Waals surface area contributed by atoms with E-state index in [1.807, 2.05) is 31.2 Å². The molecule has 0 saturated heterocycles. The summed E-state index contributed by atoms with van der Waals surface area (Å²) in [4.78, 5) is 21.1. The lowest BCUT2D eigenvalue weighted by atomic mass is 10.2. The second kappa shape index (κ2) is 6.21. The molecule has 0 unspecified atom stereocenters. The SMILES string of the molecule is Cc1ccccc1OCc1nc(C(=O)O)cc(N(C)C)n1. The lowest BCUT2D eigenvalue weighted by molar-refractivity contribution is 0.0689. The Bertz CT molecular complexity index is 656. The zero-order valence-electron chi connectivity index (χ0n) is 12.2. The van der Waals surface area contributed by atoms with Gasteiger partial charge < -0.3 is 14.7 Å². The molecule has 110 valence electrons. The van der Waals surface area contributed by atoms with Crippen molar-refractivity contribution in [2.45, 2.75) is 13.5 Å². The minimum atomic E-state index is -1.09. The monoisotopic (exact) mass is 287 g/mol. The number of carboxylic acids is 1. The highest BCUT2D eigenvalue weighted by molar-refractivity contribution is 5.86. The van der Waals surface area contributed by atoms with E-state index < -0.39 is 5.97 Å². The van der Waals surface area contributed by atoms with Crippen LogP contribution in [0.3, 0.4) is 0 Å². The number of hydrogen-bond acceptors (Lipinski definition) is 5. The fourth-order valence-electron chi connectivity index (χ4n) is 1.75. The minimum absolute atomic E-state index is 0.0444. The molecule has 6 nitrogen and oxygen atoms in total. The molecule has 0 aliphatic carbocycles. The maximum atomic E-state index is 11.1. The van der Waals surface area contributed by atoms with Crippen LogP contribution in [0.25, 0.3) is 0 Å². The topological polar surface area (TPSA) is 75.6 Å². The number of aromatic carboxylic acids is 1. The molecular weight excluding hydrogens is 270 g/mol. The Hall–Kier alpha value is -2.63. The van der Waals surface area contributed by atoms with Gasteiger partial charge in [0.1, 0.15) is 18.2 Å². The number of nitrogens with zero attached hydrogens (tertiary/aromatic N) is 3. The van der Waals surface area contributed by atoms with Crippen molar-refractivity contribution < 1.29 is 14.6 Å². The summed E-state index contributed by atoms with van der Waals surface area (Å²) in [6.45, 7) is 2.06. The number of ether oxygens (including phenoxy) is 1. The van der Waals surface area contributed by atoms with Crippen molar-refractivity contribution in [2.75, 3.05) is 19.0 Å². The zero-order chi connectivity index (χ0) is 15.4. The number of anilines is 1. The van der Waals surface area contributed by atoms with Crippen molar-refractivity contribution in [3.63, 3.8) is 0 Å². The van der Waals surface area contributed by atoms with Crippen molar-refractivity contribution >= 4 is 11.8 Å². The molecule has 0 fully saturated rings. The number of para-hydroxylation sites is 1. The Labute approximate surface area is 123 Å². The van der Waals surface area contributed by atoms with Gasteiger partial charge in [0.05, 0.1) is 0 Å². The average molecular weight is 287 g/mol. The summed E-state index contributed by atoms with van der Waals surface area (Å²) in [5.41, 5.74) is 0.955. The van der Waals surface area contributed by atoms with E-state index in [0.29, 0.717) is 11.6 Å². The van der Waals surface area contributed by atoms with Crippen molar-refractivity contribution in [1.82, 2.24) is 9.97 Å². The number of aryl methyl sites for hydroxylation is 1. The average Bonchev–Trinajstić information content (AvgIpc) is 2.46. The van der Waals surface area contributed by atoms with Crippen molar-refractivity contribution in [3.05, 3.63) is 47.4 Å². The Morgan fingerprint density at radius 1 is 1.29 bits per heavy atom. The molecule has 0 aliphatic heterocycles. The van der Waals surface area contributed by atoms with Crippen LogP contribution < -0.4 is 9.64 Å². The standard InChI is InChI=1S/C15H17N3O3/c1-10-6-4-5-7-12(10)21-9-13-16-11(15(19)20)8-14(17-13)18(2)3/h4-8H,9H2,1-3H3,(H,19,20). The summed E-state index contributed by atoms with van der Waals surface area (Å²) in [7, 11) is 3.58. The minimum Gasteiger partial charge on any atom is -0.485 e. The van der Waals surface area contributed by atoms with Gasteiger partial charge in [-0.15, -0.1) is 0 Å². The van der Waals surface area contributed by atoms with Crippen LogP contribution in [-0.4, -0.2) is 35.1 Å². The summed E-state index contributed by atoms with van der Waals surface area (Å²) in [6, 6.07) is 9.02. The number of carboxylic acid groups (broad SMARTS) is 1. The van der Waals surface area contributed by atoms with Crippen LogP contribution >= 0.6 is 0 Å². The van der Waals surface area contributed by atoms with Gasteiger partial charge in [-0.3, -0.25) is 0 Å². The maximum Gasteiger partial charge on any atom is 0.354 e. The summed E-state index contributed by atoms with van der Waals surface area (Å²) in [5.74, 6) is 0.513. The highest BCUT2D eigenvalue weighted by Gasteiger charge is 2.12. The van der Waals surface area contributed by atoms with Crippen LogP contribution in [0.2, 0.25) is 0 Å². The largest absolute Gasteiger partial charge is 0.485 e. The third-order valence-corrected chi connectivity index (χ3v) is 2.89. The molecule has 2 rings (SSSR count). The summed E-state index contributed by atoms with van der Waals surface area (Å²) in [5, 5.41) is 9.10. The van der Waals surface area contributed by atoms with Crippen LogP contribution in [0, 0.1) is 6.92 Å². The number of carbonyl (C=O) groups is 1. The molecule has 1 aromatic carbocycles. The lowest BCUT2D eigenvalue weighted by Gasteiger charge is -2.14. The first kappa shape index (κ1) is 14.8. The molecule has 0 saturated carbocycles. The molecule has 6 heteroatoms. The van der Waals surface area contributed by atoms with Gasteiger partial charge in [0.2, 0.25) is 0 Å². The zero-order valence-corrected chi connectivity index (χ0v) is 12.2. The van der Waals surface area contributed by atoms with Gasteiger partial charge in [-0.2, -0.15) is 0 Å². The maximum absolute atomic E-state index is 11.1. The van der Waals surface area contributed by atoms with Gasteiger partial charge in [0.25, 0.3) is 0 Å². The lowest BCUT2D eigenvalue weighted by Crippen LogP contribution is -2.16.